The van der Waals surface area contributed by atoms with E-state index in [4.69, 9.17) is 4.74 Å². The van der Waals surface area contributed by atoms with Crippen molar-refractivity contribution in [2.75, 3.05) is 11.5 Å². The van der Waals surface area contributed by atoms with Crippen LogP contribution in [0, 0.1) is 5.92 Å². The van der Waals surface area contributed by atoms with Crippen LogP contribution in [0.15, 0.2) is 59.5 Å². The van der Waals surface area contributed by atoms with Gasteiger partial charge in [-0.15, -0.1) is 0 Å². The van der Waals surface area contributed by atoms with E-state index in [1.54, 1.807) is 22.8 Å². The fraction of sp³-hybridized carbons (Fsp3) is 0.296. The number of benzene rings is 1. The van der Waals surface area contributed by atoms with Crippen LogP contribution in [0.3, 0.4) is 0 Å². The van der Waals surface area contributed by atoms with Crippen molar-refractivity contribution in [2.24, 2.45) is 5.92 Å². The summed E-state index contributed by atoms with van der Waals surface area (Å²) in [6, 6.07) is 12.5. The first-order chi connectivity index (χ1) is 17.2. The number of rotatable bonds is 11. The van der Waals surface area contributed by atoms with Gasteiger partial charge < -0.3 is 14.0 Å². The summed E-state index contributed by atoms with van der Waals surface area (Å²) in [6.45, 7) is 5.85. The molecule has 3 aromatic rings. The third-order valence-corrected chi connectivity index (χ3v) is 5.22. The van der Waals surface area contributed by atoms with Crippen molar-refractivity contribution >= 4 is 29.6 Å². The molecule has 2 aromatic heterocycles. The fourth-order valence-corrected chi connectivity index (χ4v) is 3.61. The number of anilines is 2. The zero-order chi connectivity index (χ0) is 26.2. The number of halogens is 2. The molecule has 1 amide bonds. The highest BCUT2D eigenvalue weighted by Gasteiger charge is 2.17. The predicted octanol–water partition coefficient (Wildman–Crippen LogP) is 5.75. The van der Waals surface area contributed by atoms with E-state index >= 15 is 0 Å². The van der Waals surface area contributed by atoms with Crippen LogP contribution in [0.2, 0.25) is 0 Å². The Bertz CT molecular complexity index is 1270. The van der Waals surface area contributed by atoms with Gasteiger partial charge in [-0.25, -0.2) is 0 Å². The maximum Gasteiger partial charge on any atom is 0.387 e. The zero-order valence-corrected chi connectivity index (χ0v) is 20.7. The molecule has 0 aliphatic heterocycles. The molecule has 0 spiro atoms. The summed E-state index contributed by atoms with van der Waals surface area (Å²) in [5.74, 6) is 0.913. The number of carbonyl (C=O) groups excluding carboxylic acids is 1. The van der Waals surface area contributed by atoms with E-state index in [2.05, 4.69) is 9.72 Å². The van der Waals surface area contributed by atoms with E-state index in [0.29, 0.717) is 48.4 Å². The van der Waals surface area contributed by atoms with Crippen molar-refractivity contribution in [1.29, 1.82) is 0 Å². The van der Waals surface area contributed by atoms with Crippen LogP contribution in [0.25, 0.3) is 11.6 Å². The largest absolute Gasteiger partial charge is 0.478 e. The van der Waals surface area contributed by atoms with E-state index in [9.17, 15) is 18.4 Å². The standard InChI is InChI=1S/C27H29F2N3O4/c1-5-35-24-12-6-20(14-19(4)21-7-13-25(34)31(16-21)15-18(2)3)26(30-24)32(17-33)22-8-10-23(11-9-22)36-27(28)29/h6-14,16-18,27H,5,15H2,1-4H3/b19-14+. The van der Waals surface area contributed by atoms with Gasteiger partial charge in [-0.1, -0.05) is 13.8 Å². The number of carbonyl (C=O) groups is 1. The van der Waals surface area contributed by atoms with Crippen molar-refractivity contribution in [3.05, 3.63) is 76.2 Å². The van der Waals surface area contributed by atoms with Crippen LogP contribution in [0.5, 0.6) is 11.6 Å². The lowest BCUT2D eigenvalue weighted by molar-refractivity contribution is -0.106. The van der Waals surface area contributed by atoms with E-state index in [1.807, 2.05) is 40.0 Å². The summed E-state index contributed by atoms with van der Waals surface area (Å²) in [7, 11) is 0. The second-order valence-corrected chi connectivity index (χ2v) is 8.47. The predicted molar refractivity (Wildman–Crippen MR) is 136 cm³/mol. The maximum absolute atomic E-state index is 12.5. The molecule has 0 radical (unpaired) electrons. The van der Waals surface area contributed by atoms with Gasteiger partial charge in [0, 0.05) is 30.4 Å². The Kier molecular flexibility index (Phi) is 8.94. The van der Waals surface area contributed by atoms with Crippen molar-refractivity contribution in [2.45, 2.75) is 40.9 Å². The van der Waals surface area contributed by atoms with Gasteiger partial charge in [-0.05, 0) is 73.4 Å². The number of alkyl halides is 2. The third-order valence-electron chi connectivity index (χ3n) is 5.22. The number of nitrogens with zero attached hydrogens (tertiary/aromatic N) is 3. The van der Waals surface area contributed by atoms with Crippen LogP contribution < -0.4 is 19.9 Å². The number of hydrogen-bond acceptors (Lipinski definition) is 5. The normalized spacial score (nSPS) is 11.6. The molecule has 0 aliphatic carbocycles. The summed E-state index contributed by atoms with van der Waals surface area (Å²) >= 11 is 0. The minimum atomic E-state index is -2.95. The third kappa shape index (κ3) is 6.78. The average molecular weight is 498 g/mol. The Morgan fingerprint density at radius 2 is 1.83 bits per heavy atom. The smallest absolute Gasteiger partial charge is 0.387 e. The molecule has 0 bridgehead atoms. The number of ether oxygens (including phenoxy) is 2. The summed E-state index contributed by atoms with van der Waals surface area (Å²) < 4.78 is 36.6. The summed E-state index contributed by atoms with van der Waals surface area (Å²) in [5, 5.41) is 0. The lowest BCUT2D eigenvalue weighted by Crippen LogP contribution is -2.21. The first kappa shape index (κ1) is 26.6. The van der Waals surface area contributed by atoms with Gasteiger partial charge in [-0.2, -0.15) is 13.8 Å². The molecule has 0 N–H and O–H groups in total. The number of hydrogen-bond donors (Lipinski definition) is 0. The van der Waals surface area contributed by atoms with Crippen LogP contribution >= 0.6 is 0 Å². The number of amides is 1. The second-order valence-electron chi connectivity index (χ2n) is 8.47. The molecular formula is C27H29F2N3O4. The Morgan fingerprint density at radius 1 is 1.11 bits per heavy atom. The van der Waals surface area contributed by atoms with Gasteiger partial charge >= 0.3 is 6.61 Å². The van der Waals surface area contributed by atoms with Gasteiger partial charge in [0.05, 0.1) is 12.3 Å². The molecule has 0 saturated heterocycles. The van der Waals surface area contributed by atoms with Crippen molar-refractivity contribution < 1.29 is 23.0 Å². The molecule has 0 fully saturated rings. The minimum Gasteiger partial charge on any atom is -0.478 e. The van der Waals surface area contributed by atoms with Gasteiger partial charge in [-0.3, -0.25) is 14.5 Å². The van der Waals surface area contributed by atoms with E-state index in [0.717, 1.165) is 11.1 Å². The molecule has 0 aliphatic rings. The molecule has 1 aromatic carbocycles. The van der Waals surface area contributed by atoms with Crippen LogP contribution in [-0.2, 0) is 11.3 Å². The van der Waals surface area contributed by atoms with Crippen molar-refractivity contribution in [1.82, 2.24) is 9.55 Å². The minimum absolute atomic E-state index is 0.0249. The van der Waals surface area contributed by atoms with Crippen molar-refractivity contribution in [3.8, 4) is 11.6 Å². The summed E-state index contributed by atoms with van der Waals surface area (Å²) in [6.07, 6.45) is 4.27. The molecule has 9 heteroatoms. The number of aromatic nitrogens is 2. The van der Waals surface area contributed by atoms with Crippen LogP contribution in [-0.4, -0.2) is 29.2 Å². The van der Waals surface area contributed by atoms with E-state index in [-0.39, 0.29) is 11.3 Å². The molecule has 0 unspecified atom stereocenters. The van der Waals surface area contributed by atoms with Gasteiger partial charge in [0.1, 0.15) is 5.75 Å². The van der Waals surface area contributed by atoms with Crippen LogP contribution in [0.4, 0.5) is 20.3 Å². The highest BCUT2D eigenvalue weighted by atomic mass is 19.3. The Balaban J connectivity index is 2.05. The zero-order valence-electron chi connectivity index (χ0n) is 20.7. The average Bonchev–Trinajstić information content (AvgIpc) is 2.83. The molecule has 190 valence electrons. The first-order valence-electron chi connectivity index (χ1n) is 11.5. The first-order valence-corrected chi connectivity index (χ1v) is 11.5. The summed E-state index contributed by atoms with van der Waals surface area (Å²) in [5.41, 5.74) is 2.66. The number of allylic oxidation sites excluding steroid dienone is 1. The topological polar surface area (TPSA) is 73.7 Å². The quantitative estimate of drug-likeness (QED) is 0.315. The molecule has 0 atom stereocenters. The Morgan fingerprint density at radius 3 is 2.44 bits per heavy atom. The SMILES string of the molecule is CCOc1ccc(/C=C(\C)c2ccc(=O)n(CC(C)C)c2)c(N(C=O)c2ccc(OC(F)F)cc2)n1. The summed E-state index contributed by atoms with van der Waals surface area (Å²) in [4.78, 5) is 30.2. The molecule has 2 heterocycles. The Labute approximate surface area is 208 Å². The number of pyridine rings is 2. The lowest BCUT2D eigenvalue weighted by Gasteiger charge is -2.20. The van der Waals surface area contributed by atoms with Gasteiger partial charge in [0.15, 0.2) is 5.82 Å². The molecule has 36 heavy (non-hydrogen) atoms. The second kappa shape index (κ2) is 12.1. The van der Waals surface area contributed by atoms with Gasteiger partial charge in [0.25, 0.3) is 5.56 Å². The van der Waals surface area contributed by atoms with E-state index in [1.165, 1.54) is 35.2 Å². The Hall–Kier alpha value is -4.01. The highest BCUT2D eigenvalue weighted by molar-refractivity contribution is 5.91. The van der Waals surface area contributed by atoms with Crippen molar-refractivity contribution in [3.63, 3.8) is 0 Å². The monoisotopic (exact) mass is 497 g/mol. The van der Waals surface area contributed by atoms with E-state index < -0.39 is 6.61 Å². The highest BCUT2D eigenvalue weighted by Crippen LogP contribution is 2.31. The molecular weight excluding hydrogens is 468 g/mol. The maximum atomic E-state index is 12.5. The molecule has 0 saturated carbocycles. The van der Waals surface area contributed by atoms with Gasteiger partial charge in [0.2, 0.25) is 12.3 Å². The molecule has 7 nitrogen and oxygen atoms in total. The van der Waals surface area contributed by atoms with Crippen LogP contribution in [0.1, 0.15) is 38.8 Å². The lowest BCUT2D eigenvalue weighted by atomic mass is 10.1. The molecule has 3 rings (SSSR count). The fourth-order valence-electron chi connectivity index (χ4n) is 3.61.